The quantitative estimate of drug-likeness (QED) is 0.758. The topological polar surface area (TPSA) is 69.2 Å². The van der Waals surface area contributed by atoms with Gasteiger partial charge in [0, 0.05) is 24.6 Å². The van der Waals surface area contributed by atoms with Crippen molar-refractivity contribution in [3.63, 3.8) is 0 Å². The molecule has 4 rings (SSSR count). The highest BCUT2D eigenvalue weighted by Gasteiger charge is 2.30. The molecule has 0 spiro atoms. The van der Waals surface area contributed by atoms with Gasteiger partial charge in [-0.3, -0.25) is 9.89 Å². The largest absolute Gasteiger partial charge is 0.508 e. The summed E-state index contributed by atoms with van der Waals surface area (Å²) in [5.41, 5.74) is 2.52. The molecule has 5 nitrogen and oxygen atoms in total. The van der Waals surface area contributed by atoms with Crippen LogP contribution in [0.5, 0.6) is 5.75 Å². The first-order valence-corrected chi connectivity index (χ1v) is 8.50. The van der Waals surface area contributed by atoms with E-state index >= 15 is 0 Å². The van der Waals surface area contributed by atoms with E-state index in [0.29, 0.717) is 30.0 Å². The van der Waals surface area contributed by atoms with Crippen molar-refractivity contribution in [1.82, 2.24) is 15.1 Å². The zero-order valence-electron chi connectivity index (χ0n) is 14.0. The van der Waals surface area contributed by atoms with Crippen LogP contribution in [-0.2, 0) is 0 Å². The maximum Gasteiger partial charge on any atom is 0.271 e. The van der Waals surface area contributed by atoms with Crippen LogP contribution in [-0.4, -0.2) is 39.2 Å². The number of aromatic nitrogens is 2. The van der Waals surface area contributed by atoms with Crippen molar-refractivity contribution in [3.8, 4) is 17.0 Å². The predicted octanol–water partition coefficient (Wildman–Crippen LogP) is 3.55. The van der Waals surface area contributed by atoms with Gasteiger partial charge in [-0.05, 0) is 48.4 Å². The standard InChI is InChI=1S/C20H18FN3O2/c21-17-4-2-1-3-16(17)14-9-10-24(12-14)20(26)19-11-18(22-23-19)13-5-7-15(25)8-6-13/h1-8,11,14,25H,9-10,12H2,(H,22,23). The summed E-state index contributed by atoms with van der Waals surface area (Å²) in [6.07, 6.45) is 0.742. The molecule has 2 heterocycles. The van der Waals surface area contributed by atoms with Gasteiger partial charge in [-0.25, -0.2) is 4.39 Å². The number of nitrogens with zero attached hydrogens (tertiary/aromatic N) is 2. The Morgan fingerprint density at radius 3 is 2.73 bits per heavy atom. The third kappa shape index (κ3) is 3.06. The third-order valence-corrected chi connectivity index (χ3v) is 4.79. The minimum Gasteiger partial charge on any atom is -0.508 e. The summed E-state index contributed by atoms with van der Waals surface area (Å²) in [7, 11) is 0. The minimum absolute atomic E-state index is 0.0136. The van der Waals surface area contributed by atoms with E-state index in [0.717, 1.165) is 12.0 Å². The maximum atomic E-state index is 14.0. The molecule has 0 saturated carbocycles. The first-order chi connectivity index (χ1) is 12.6. The van der Waals surface area contributed by atoms with Crippen LogP contribution < -0.4 is 0 Å². The summed E-state index contributed by atoms with van der Waals surface area (Å²) in [5.74, 6) is -0.166. The van der Waals surface area contributed by atoms with Gasteiger partial charge in [0.05, 0.1) is 5.69 Å². The fraction of sp³-hybridized carbons (Fsp3) is 0.200. The number of aromatic amines is 1. The molecule has 1 saturated heterocycles. The number of rotatable bonds is 3. The van der Waals surface area contributed by atoms with Crippen molar-refractivity contribution in [2.45, 2.75) is 12.3 Å². The van der Waals surface area contributed by atoms with Crippen molar-refractivity contribution < 1.29 is 14.3 Å². The van der Waals surface area contributed by atoms with Crippen molar-refractivity contribution in [1.29, 1.82) is 0 Å². The van der Waals surface area contributed by atoms with Crippen LogP contribution in [0.2, 0.25) is 0 Å². The summed E-state index contributed by atoms with van der Waals surface area (Å²) in [4.78, 5) is 14.5. The molecule has 1 aromatic heterocycles. The van der Waals surface area contributed by atoms with Crippen LogP contribution in [0.4, 0.5) is 4.39 Å². The monoisotopic (exact) mass is 351 g/mol. The van der Waals surface area contributed by atoms with Crippen LogP contribution >= 0.6 is 0 Å². The number of phenols is 1. The molecule has 1 atom stereocenters. The first kappa shape index (κ1) is 16.3. The number of halogens is 1. The number of carbonyl (C=O) groups is 1. The van der Waals surface area contributed by atoms with Gasteiger partial charge < -0.3 is 10.0 Å². The highest BCUT2D eigenvalue weighted by Crippen LogP contribution is 2.30. The molecule has 132 valence electrons. The number of aromatic hydroxyl groups is 1. The van der Waals surface area contributed by atoms with Crippen LogP contribution in [0, 0.1) is 5.82 Å². The first-order valence-electron chi connectivity index (χ1n) is 8.50. The molecule has 6 heteroatoms. The number of phenolic OH excluding ortho intramolecular Hbond substituents is 1. The van der Waals surface area contributed by atoms with Crippen LogP contribution in [0.1, 0.15) is 28.4 Å². The Labute approximate surface area is 150 Å². The molecular weight excluding hydrogens is 333 g/mol. The number of hydrogen-bond acceptors (Lipinski definition) is 3. The van der Waals surface area contributed by atoms with Gasteiger partial charge in [0.1, 0.15) is 17.3 Å². The Hall–Kier alpha value is -3.15. The van der Waals surface area contributed by atoms with E-state index in [4.69, 9.17) is 0 Å². The van der Waals surface area contributed by atoms with Gasteiger partial charge in [-0.15, -0.1) is 0 Å². The second kappa shape index (κ2) is 6.63. The molecule has 1 fully saturated rings. The second-order valence-electron chi connectivity index (χ2n) is 6.47. The van der Waals surface area contributed by atoms with Crippen molar-refractivity contribution >= 4 is 5.91 Å². The molecule has 1 amide bonds. The lowest BCUT2D eigenvalue weighted by molar-refractivity contribution is 0.0785. The van der Waals surface area contributed by atoms with Gasteiger partial charge in [-0.1, -0.05) is 18.2 Å². The number of H-pyrrole nitrogens is 1. The fourth-order valence-electron chi connectivity index (χ4n) is 3.39. The van der Waals surface area contributed by atoms with E-state index < -0.39 is 0 Å². The van der Waals surface area contributed by atoms with E-state index in [1.54, 1.807) is 47.4 Å². The van der Waals surface area contributed by atoms with Gasteiger partial charge in [0.25, 0.3) is 5.91 Å². The molecule has 2 N–H and O–H groups in total. The van der Waals surface area contributed by atoms with Gasteiger partial charge in [0.15, 0.2) is 0 Å². The number of benzene rings is 2. The number of hydrogen-bond donors (Lipinski definition) is 2. The molecule has 1 aliphatic heterocycles. The Balaban J connectivity index is 1.49. The fourth-order valence-corrected chi connectivity index (χ4v) is 3.39. The summed E-state index contributed by atoms with van der Waals surface area (Å²) in [6.45, 7) is 1.08. The van der Waals surface area contributed by atoms with Gasteiger partial charge >= 0.3 is 0 Å². The van der Waals surface area contributed by atoms with E-state index in [-0.39, 0.29) is 23.4 Å². The second-order valence-corrected chi connectivity index (χ2v) is 6.47. The van der Waals surface area contributed by atoms with Crippen molar-refractivity contribution in [2.75, 3.05) is 13.1 Å². The van der Waals surface area contributed by atoms with Crippen LogP contribution in [0.15, 0.2) is 54.6 Å². The van der Waals surface area contributed by atoms with Crippen molar-refractivity contribution in [3.05, 3.63) is 71.7 Å². The Kier molecular flexibility index (Phi) is 4.16. The summed E-state index contributed by atoms with van der Waals surface area (Å²) >= 11 is 0. The normalized spacial score (nSPS) is 16.8. The number of amides is 1. The van der Waals surface area contributed by atoms with E-state index in [1.807, 2.05) is 6.07 Å². The lowest BCUT2D eigenvalue weighted by Crippen LogP contribution is -2.28. The molecule has 26 heavy (non-hydrogen) atoms. The molecule has 3 aromatic rings. The number of likely N-dealkylation sites (tertiary alicyclic amines) is 1. The molecule has 1 aliphatic rings. The van der Waals surface area contributed by atoms with Crippen LogP contribution in [0.3, 0.4) is 0 Å². The molecule has 0 bridgehead atoms. The predicted molar refractivity (Wildman–Crippen MR) is 95.4 cm³/mol. The lowest BCUT2D eigenvalue weighted by atomic mass is 9.98. The zero-order chi connectivity index (χ0) is 18.1. The molecule has 2 aromatic carbocycles. The molecule has 0 aliphatic carbocycles. The average molecular weight is 351 g/mol. The Bertz CT molecular complexity index is 936. The molecule has 1 unspecified atom stereocenters. The zero-order valence-corrected chi connectivity index (χ0v) is 14.0. The van der Waals surface area contributed by atoms with Gasteiger partial charge in [0.2, 0.25) is 0 Å². The Morgan fingerprint density at radius 1 is 1.19 bits per heavy atom. The number of carbonyl (C=O) groups excluding carboxylic acids is 1. The minimum atomic E-state index is -0.219. The summed E-state index contributed by atoms with van der Waals surface area (Å²) < 4.78 is 14.0. The highest BCUT2D eigenvalue weighted by molar-refractivity contribution is 5.93. The lowest BCUT2D eigenvalue weighted by Gasteiger charge is -2.16. The SMILES string of the molecule is O=C(c1cc(-c2ccc(O)cc2)n[nH]1)N1CCC(c2ccccc2F)C1. The van der Waals surface area contributed by atoms with E-state index in [2.05, 4.69) is 10.2 Å². The number of nitrogens with one attached hydrogen (secondary N) is 1. The maximum absolute atomic E-state index is 14.0. The average Bonchev–Trinajstić information content (AvgIpc) is 3.32. The molecular formula is C20H18FN3O2. The van der Waals surface area contributed by atoms with E-state index in [9.17, 15) is 14.3 Å². The smallest absolute Gasteiger partial charge is 0.271 e. The van der Waals surface area contributed by atoms with E-state index in [1.165, 1.54) is 6.07 Å². The van der Waals surface area contributed by atoms with Crippen molar-refractivity contribution in [2.24, 2.45) is 0 Å². The summed E-state index contributed by atoms with van der Waals surface area (Å²) in [5, 5.41) is 16.3. The van der Waals surface area contributed by atoms with Gasteiger partial charge in [-0.2, -0.15) is 5.10 Å². The van der Waals surface area contributed by atoms with Crippen LogP contribution in [0.25, 0.3) is 11.3 Å². The third-order valence-electron chi connectivity index (χ3n) is 4.79. The molecule has 0 radical (unpaired) electrons. The Morgan fingerprint density at radius 2 is 1.96 bits per heavy atom. The summed E-state index contributed by atoms with van der Waals surface area (Å²) in [6, 6.07) is 15.1. The highest BCUT2D eigenvalue weighted by atomic mass is 19.1.